The number of methoxy groups -OCH3 is 1. The van der Waals surface area contributed by atoms with Gasteiger partial charge in [-0.25, -0.2) is 0 Å². The summed E-state index contributed by atoms with van der Waals surface area (Å²) in [6, 6.07) is 8.12. The molecule has 118 valence electrons. The van der Waals surface area contributed by atoms with E-state index in [9.17, 15) is 4.79 Å². The standard InChI is InChI=1S/C17H22N2O2S/c1-21-15-4-2-3-5-16(15)22-11-8-17(20)18-14-12-19-9-6-13(14)7-10-19/h2-5,8,11,13-14H,6-7,9-10,12H2,1H3,(H,18,20)/t14-/m0/s1. The van der Waals surface area contributed by atoms with E-state index in [0.717, 1.165) is 17.2 Å². The van der Waals surface area contributed by atoms with E-state index in [4.69, 9.17) is 4.74 Å². The molecule has 1 aromatic carbocycles. The smallest absolute Gasteiger partial charge is 0.244 e. The second kappa shape index (κ2) is 7.20. The number of thioether (sulfide) groups is 1. The third kappa shape index (κ3) is 3.65. The Balaban J connectivity index is 1.51. The monoisotopic (exact) mass is 318 g/mol. The number of fused-ring (bicyclic) bond motifs is 3. The molecule has 1 amide bonds. The lowest BCUT2D eigenvalue weighted by Crippen LogP contribution is -2.57. The minimum absolute atomic E-state index is 0.00106. The van der Waals surface area contributed by atoms with Gasteiger partial charge in [0.2, 0.25) is 5.91 Å². The lowest BCUT2D eigenvalue weighted by molar-refractivity contribution is -0.118. The van der Waals surface area contributed by atoms with Crippen LogP contribution in [0.1, 0.15) is 12.8 Å². The zero-order chi connectivity index (χ0) is 15.4. The molecule has 5 heteroatoms. The molecule has 1 N–H and O–H groups in total. The van der Waals surface area contributed by atoms with E-state index in [-0.39, 0.29) is 5.91 Å². The van der Waals surface area contributed by atoms with Gasteiger partial charge in [0.25, 0.3) is 0 Å². The number of nitrogens with one attached hydrogen (secondary N) is 1. The van der Waals surface area contributed by atoms with Crippen molar-refractivity contribution in [2.75, 3.05) is 26.7 Å². The van der Waals surface area contributed by atoms with E-state index in [1.165, 1.54) is 37.7 Å². The van der Waals surface area contributed by atoms with Gasteiger partial charge in [-0.15, -0.1) is 0 Å². The SMILES string of the molecule is COc1ccccc1SC=CC(=O)N[C@H]1CN2CCC1CC2. The summed E-state index contributed by atoms with van der Waals surface area (Å²) in [6.45, 7) is 3.39. The minimum Gasteiger partial charge on any atom is -0.496 e. The molecular formula is C17H22N2O2S. The number of para-hydroxylation sites is 1. The second-order valence-corrected chi connectivity index (χ2v) is 6.77. The van der Waals surface area contributed by atoms with Gasteiger partial charge in [0.15, 0.2) is 0 Å². The Morgan fingerprint density at radius 3 is 2.82 bits per heavy atom. The van der Waals surface area contributed by atoms with Crippen molar-refractivity contribution in [3.8, 4) is 5.75 Å². The molecule has 0 saturated carbocycles. The molecule has 3 aliphatic rings. The zero-order valence-corrected chi connectivity index (χ0v) is 13.6. The fraction of sp³-hybridized carbons (Fsp3) is 0.471. The van der Waals surface area contributed by atoms with Crippen LogP contribution in [0.5, 0.6) is 5.75 Å². The summed E-state index contributed by atoms with van der Waals surface area (Å²) in [5.74, 6) is 1.49. The normalized spacial score (nSPS) is 27.0. The quantitative estimate of drug-likeness (QED) is 0.669. The van der Waals surface area contributed by atoms with Crippen molar-refractivity contribution in [2.24, 2.45) is 5.92 Å². The fourth-order valence-corrected chi connectivity index (χ4v) is 4.01. The van der Waals surface area contributed by atoms with Crippen LogP contribution in [0.15, 0.2) is 40.6 Å². The third-order valence-corrected chi connectivity index (χ3v) is 5.33. The number of piperidine rings is 3. The average molecular weight is 318 g/mol. The number of amides is 1. The summed E-state index contributed by atoms with van der Waals surface area (Å²) in [5, 5.41) is 4.98. The molecule has 0 radical (unpaired) electrons. The number of nitrogens with zero attached hydrogens (tertiary/aromatic N) is 1. The van der Waals surface area contributed by atoms with Crippen molar-refractivity contribution >= 4 is 17.7 Å². The first-order valence-electron chi connectivity index (χ1n) is 7.75. The second-order valence-electron chi connectivity index (χ2n) is 5.82. The summed E-state index contributed by atoms with van der Waals surface area (Å²) >= 11 is 1.50. The number of rotatable bonds is 5. The first-order valence-corrected chi connectivity index (χ1v) is 8.63. The minimum atomic E-state index is 0.00106. The Morgan fingerprint density at radius 1 is 1.36 bits per heavy atom. The van der Waals surface area contributed by atoms with Crippen molar-refractivity contribution in [3.05, 3.63) is 35.7 Å². The number of hydrogen-bond donors (Lipinski definition) is 1. The highest BCUT2D eigenvalue weighted by molar-refractivity contribution is 8.02. The van der Waals surface area contributed by atoms with E-state index in [1.807, 2.05) is 29.7 Å². The number of carbonyl (C=O) groups excluding carboxylic acids is 1. The van der Waals surface area contributed by atoms with Gasteiger partial charge in [-0.1, -0.05) is 23.9 Å². The lowest BCUT2D eigenvalue weighted by atomic mass is 9.84. The maximum atomic E-state index is 12.1. The Bertz CT molecular complexity index is 553. The maximum absolute atomic E-state index is 12.1. The van der Waals surface area contributed by atoms with Crippen molar-refractivity contribution in [1.29, 1.82) is 0 Å². The maximum Gasteiger partial charge on any atom is 0.244 e. The molecule has 0 unspecified atom stereocenters. The van der Waals surface area contributed by atoms with Crippen molar-refractivity contribution in [1.82, 2.24) is 10.2 Å². The molecular weight excluding hydrogens is 296 g/mol. The molecule has 1 aromatic rings. The van der Waals surface area contributed by atoms with Gasteiger partial charge in [-0.2, -0.15) is 0 Å². The van der Waals surface area contributed by atoms with Gasteiger partial charge in [0.1, 0.15) is 5.75 Å². The van der Waals surface area contributed by atoms with E-state index >= 15 is 0 Å². The van der Waals surface area contributed by atoms with Gasteiger partial charge in [0, 0.05) is 18.7 Å². The van der Waals surface area contributed by atoms with Crippen LogP contribution < -0.4 is 10.1 Å². The molecule has 0 aliphatic carbocycles. The molecule has 0 aromatic heterocycles. The van der Waals surface area contributed by atoms with Crippen LogP contribution in [0.2, 0.25) is 0 Å². The molecule has 1 atom stereocenters. The highest BCUT2D eigenvalue weighted by Gasteiger charge is 2.34. The van der Waals surface area contributed by atoms with Crippen LogP contribution in [-0.4, -0.2) is 43.6 Å². The van der Waals surface area contributed by atoms with Crippen molar-refractivity contribution in [2.45, 2.75) is 23.8 Å². The number of hydrogen-bond acceptors (Lipinski definition) is 4. The predicted octanol–water partition coefficient (Wildman–Crippen LogP) is 2.51. The first-order chi connectivity index (χ1) is 10.8. The van der Waals surface area contributed by atoms with E-state index in [1.54, 1.807) is 13.2 Å². The molecule has 4 nitrogen and oxygen atoms in total. The van der Waals surface area contributed by atoms with Gasteiger partial charge in [0.05, 0.1) is 12.0 Å². The molecule has 3 aliphatic heterocycles. The molecule has 3 saturated heterocycles. The molecule has 3 heterocycles. The van der Waals surface area contributed by atoms with Crippen LogP contribution >= 0.6 is 11.8 Å². The number of ether oxygens (including phenoxy) is 1. The summed E-state index contributed by atoms with van der Waals surface area (Å²) in [5.41, 5.74) is 0. The molecule has 3 fully saturated rings. The topological polar surface area (TPSA) is 41.6 Å². The van der Waals surface area contributed by atoms with Gasteiger partial charge >= 0.3 is 0 Å². The van der Waals surface area contributed by atoms with Crippen LogP contribution in [-0.2, 0) is 4.79 Å². The fourth-order valence-electron chi connectivity index (χ4n) is 3.24. The van der Waals surface area contributed by atoms with Crippen LogP contribution in [0, 0.1) is 5.92 Å². The molecule has 4 rings (SSSR count). The van der Waals surface area contributed by atoms with E-state index < -0.39 is 0 Å². The predicted molar refractivity (Wildman–Crippen MR) is 89.1 cm³/mol. The van der Waals surface area contributed by atoms with Crippen LogP contribution in [0.3, 0.4) is 0 Å². The van der Waals surface area contributed by atoms with E-state index in [2.05, 4.69) is 10.2 Å². The van der Waals surface area contributed by atoms with Crippen molar-refractivity contribution in [3.63, 3.8) is 0 Å². The van der Waals surface area contributed by atoms with Crippen LogP contribution in [0.4, 0.5) is 0 Å². The molecule has 0 spiro atoms. The Kier molecular flexibility index (Phi) is 5.05. The summed E-state index contributed by atoms with van der Waals surface area (Å²) in [6.07, 6.45) is 4.05. The Morgan fingerprint density at radius 2 is 2.14 bits per heavy atom. The first kappa shape index (κ1) is 15.4. The zero-order valence-electron chi connectivity index (χ0n) is 12.8. The highest BCUT2D eigenvalue weighted by atomic mass is 32.2. The lowest BCUT2D eigenvalue weighted by Gasteiger charge is -2.44. The van der Waals surface area contributed by atoms with Crippen molar-refractivity contribution < 1.29 is 9.53 Å². The van der Waals surface area contributed by atoms with E-state index in [0.29, 0.717) is 12.0 Å². The summed E-state index contributed by atoms with van der Waals surface area (Å²) in [4.78, 5) is 15.5. The number of carbonyl (C=O) groups is 1. The largest absolute Gasteiger partial charge is 0.496 e. The Hall–Kier alpha value is -1.46. The van der Waals surface area contributed by atoms with Gasteiger partial charge in [-0.05, 0) is 49.4 Å². The molecule has 2 bridgehead atoms. The van der Waals surface area contributed by atoms with Crippen LogP contribution in [0.25, 0.3) is 0 Å². The van der Waals surface area contributed by atoms with Gasteiger partial charge in [-0.3, -0.25) is 4.79 Å². The Labute approximate surface area is 135 Å². The highest BCUT2D eigenvalue weighted by Crippen LogP contribution is 2.29. The summed E-state index contributed by atoms with van der Waals surface area (Å²) in [7, 11) is 1.66. The summed E-state index contributed by atoms with van der Waals surface area (Å²) < 4.78 is 5.30. The third-order valence-electron chi connectivity index (χ3n) is 4.47. The number of benzene rings is 1. The van der Waals surface area contributed by atoms with Gasteiger partial charge < -0.3 is 15.0 Å². The molecule has 22 heavy (non-hydrogen) atoms. The average Bonchev–Trinajstić information content (AvgIpc) is 2.56.